The fraction of sp³-hybridized carbons (Fsp3) is 0.400. The lowest BCUT2D eigenvalue weighted by molar-refractivity contribution is 0.0686. The van der Waals surface area contributed by atoms with Crippen LogP contribution in [-0.4, -0.2) is 17.3 Å². The van der Waals surface area contributed by atoms with Gasteiger partial charge in [0.05, 0.1) is 5.60 Å². The van der Waals surface area contributed by atoms with Crippen LogP contribution in [0.1, 0.15) is 12.5 Å². The minimum Gasteiger partial charge on any atom is -0.389 e. The maximum absolute atomic E-state index is 13.1. The molecule has 0 heterocycles. The standard InChI is InChI=1S/C10H13F2NO/c1-10(14,6-13)5-7-4-8(11)2-3-9(7)12/h2-4,14H,5-6,13H2,1H3. The van der Waals surface area contributed by atoms with E-state index in [-0.39, 0.29) is 18.5 Å². The van der Waals surface area contributed by atoms with Crippen LogP contribution in [0.4, 0.5) is 8.78 Å². The van der Waals surface area contributed by atoms with Gasteiger partial charge in [-0.25, -0.2) is 8.78 Å². The fourth-order valence-corrected chi connectivity index (χ4v) is 1.16. The first-order chi connectivity index (χ1) is 6.44. The molecule has 0 spiro atoms. The fourth-order valence-electron chi connectivity index (χ4n) is 1.16. The van der Waals surface area contributed by atoms with Gasteiger partial charge in [-0.3, -0.25) is 0 Å². The van der Waals surface area contributed by atoms with E-state index in [1.165, 1.54) is 6.92 Å². The van der Waals surface area contributed by atoms with Crippen LogP contribution in [-0.2, 0) is 6.42 Å². The minimum absolute atomic E-state index is 0.00293. The van der Waals surface area contributed by atoms with Gasteiger partial charge in [0.25, 0.3) is 0 Å². The summed E-state index contributed by atoms with van der Waals surface area (Å²) < 4.78 is 25.9. The van der Waals surface area contributed by atoms with Crippen LogP contribution in [0.25, 0.3) is 0 Å². The van der Waals surface area contributed by atoms with Crippen molar-refractivity contribution in [1.29, 1.82) is 0 Å². The number of rotatable bonds is 3. The Morgan fingerprint density at radius 2 is 2.07 bits per heavy atom. The van der Waals surface area contributed by atoms with Crippen molar-refractivity contribution in [3.05, 3.63) is 35.4 Å². The Morgan fingerprint density at radius 1 is 1.43 bits per heavy atom. The summed E-state index contributed by atoms with van der Waals surface area (Å²) in [6.45, 7) is 1.49. The Labute approximate surface area is 81.4 Å². The van der Waals surface area contributed by atoms with E-state index in [4.69, 9.17) is 5.73 Å². The van der Waals surface area contributed by atoms with Gasteiger partial charge in [0.2, 0.25) is 0 Å². The molecule has 0 aliphatic heterocycles. The molecule has 0 fully saturated rings. The number of hydrogen-bond acceptors (Lipinski definition) is 2. The predicted octanol–water partition coefficient (Wildman–Crippen LogP) is 1.22. The summed E-state index contributed by atoms with van der Waals surface area (Å²) in [5.41, 5.74) is 4.22. The van der Waals surface area contributed by atoms with E-state index in [1.807, 2.05) is 0 Å². The smallest absolute Gasteiger partial charge is 0.126 e. The van der Waals surface area contributed by atoms with Gasteiger partial charge in [0, 0.05) is 13.0 Å². The van der Waals surface area contributed by atoms with Gasteiger partial charge in [-0.1, -0.05) is 0 Å². The molecule has 4 heteroatoms. The Morgan fingerprint density at radius 3 is 2.64 bits per heavy atom. The highest BCUT2D eigenvalue weighted by Crippen LogP contribution is 2.16. The average Bonchev–Trinajstić information content (AvgIpc) is 2.11. The molecule has 0 saturated carbocycles. The molecule has 14 heavy (non-hydrogen) atoms. The van der Waals surface area contributed by atoms with Gasteiger partial charge in [-0.15, -0.1) is 0 Å². The number of benzene rings is 1. The van der Waals surface area contributed by atoms with Crippen molar-refractivity contribution < 1.29 is 13.9 Å². The van der Waals surface area contributed by atoms with E-state index in [2.05, 4.69) is 0 Å². The van der Waals surface area contributed by atoms with Crippen LogP contribution in [0.5, 0.6) is 0 Å². The molecule has 1 aromatic rings. The summed E-state index contributed by atoms with van der Waals surface area (Å²) in [4.78, 5) is 0. The van der Waals surface area contributed by atoms with E-state index < -0.39 is 17.2 Å². The van der Waals surface area contributed by atoms with Crippen molar-refractivity contribution in [2.45, 2.75) is 18.9 Å². The second kappa shape index (κ2) is 4.02. The Balaban J connectivity index is 2.91. The third-order valence-electron chi connectivity index (χ3n) is 2.02. The third kappa shape index (κ3) is 2.75. The van der Waals surface area contributed by atoms with Crippen LogP contribution in [0.15, 0.2) is 18.2 Å². The van der Waals surface area contributed by atoms with Gasteiger partial charge < -0.3 is 10.8 Å². The van der Waals surface area contributed by atoms with E-state index >= 15 is 0 Å². The second-order valence-corrected chi connectivity index (χ2v) is 3.61. The molecular weight excluding hydrogens is 188 g/mol. The predicted molar refractivity (Wildman–Crippen MR) is 49.7 cm³/mol. The lowest BCUT2D eigenvalue weighted by atomic mass is 9.96. The van der Waals surface area contributed by atoms with E-state index in [0.717, 1.165) is 18.2 Å². The molecule has 1 aromatic carbocycles. The Hall–Kier alpha value is -1.00. The Kier molecular flexibility index (Phi) is 3.18. The largest absolute Gasteiger partial charge is 0.389 e. The maximum Gasteiger partial charge on any atom is 0.126 e. The molecule has 0 radical (unpaired) electrons. The van der Waals surface area contributed by atoms with E-state index in [1.54, 1.807) is 0 Å². The van der Waals surface area contributed by atoms with Gasteiger partial charge in [-0.2, -0.15) is 0 Å². The highest BCUT2D eigenvalue weighted by molar-refractivity contribution is 5.20. The van der Waals surface area contributed by atoms with Gasteiger partial charge in [0.1, 0.15) is 11.6 Å². The summed E-state index contributed by atoms with van der Waals surface area (Å²) in [5.74, 6) is -1.05. The molecule has 2 nitrogen and oxygen atoms in total. The molecule has 1 rings (SSSR count). The second-order valence-electron chi connectivity index (χ2n) is 3.61. The molecule has 0 aliphatic rings. The summed E-state index contributed by atoms with van der Waals surface area (Å²) in [6, 6.07) is 3.15. The zero-order valence-electron chi connectivity index (χ0n) is 7.93. The molecule has 0 bridgehead atoms. The lowest BCUT2D eigenvalue weighted by Gasteiger charge is -2.21. The van der Waals surface area contributed by atoms with Crippen LogP contribution < -0.4 is 5.73 Å². The van der Waals surface area contributed by atoms with Crippen LogP contribution in [0, 0.1) is 11.6 Å². The SMILES string of the molecule is CC(O)(CN)Cc1cc(F)ccc1F. The van der Waals surface area contributed by atoms with Crippen molar-refractivity contribution in [3.63, 3.8) is 0 Å². The maximum atomic E-state index is 13.1. The molecule has 3 N–H and O–H groups in total. The zero-order chi connectivity index (χ0) is 10.8. The Bertz CT molecular complexity index is 326. The summed E-state index contributed by atoms with van der Waals surface area (Å²) in [6.07, 6.45) is 0.00704. The monoisotopic (exact) mass is 201 g/mol. The molecule has 1 atom stereocenters. The van der Waals surface area contributed by atoms with Gasteiger partial charge in [0.15, 0.2) is 0 Å². The third-order valence-corrected chi connectivity index (χ3v) is 2.02. The first-order valence-corrected chi connectivity index (χ1v) is 4.31. The molecule has 0 aromatic heterocycles. The highest BCUT2D eigenvalue weighted by atomic mass is 19.1. The van der Waals surface area contributed by atoms with Crippen LogP contribution in [0.3, 0.4) is 0 Å². The first-order valence-electron chi connectivity index (χ1n) is 4.31. The topological polar surface area (TPSA) is 46.2 Å². The molecule has 0 saturated heterocycles. The average molecular weight is 201 g/mol. The van der Waals surface area contributed by atoms with E-state index in [9.17, 15) is 13.9 Å². The van der Waals surface area contributed by atoms with Crippen molar-refractivity contribution >= 4 is 0 Å². The van der Waals surface area contributed by atoms with Gasteiger partial charge >= 0.3 is 0 Å². The molecule has 0 amide bonds. The van der Waals surface area contributed by atoms with Crippen molar-refractivity contribution in [2.24, 2.45) is 5.73 Å². The number of hydrogen-bond donors (Lipinski definition) is 2. The normalized spacial score (nSPS) is 15.2. The lowest BCUT2D eigenvalue weighted by Crippen LogP contribution is -2.36. The number of aliphatic hydroxyl groups is 1. The minimum atomic E-state index is -1.20. The zero-order valence-corrected chi connectivity index (χ0v) is 7.93. The van der Waals surface area contributed by atoms with Crippen LogP contribution in [0.2, 0.25) is 0 Å². The van der Waals surface area contributed by atoms with Crippen molar-refractivity contribution in [3.8, 4) is 0 Å². The number of nitrogens with two attached hydrogens (primary N) is 1. The van der Waals surface area contributed by atoms with Gasteiger partial charge in [-0.05, 0) is 30.7 Å². The van der Waals surface area contributed by atoms with Crippen molar-refractivity contribution in [2.75, 3.05) is 6.54 Å². The molecule has 78 valence electrons. The first kappa shape index (κ1) is 11.1. The summed E-state index contributed by atoms with van der Waals surface area (Å²) in [5, 5.41) is 9.58. The number of halogens is 2. The molecule has 0 aliphatic carbocycles. The highest BCUT2D eigenvalue weighted by Gasteiger charge is 2.20. The summed E-state index contributed by atoms with van der Waals surface area (Å²) in [7, 11) is 0. The molecular formula is C10H13F2NO. The van der Waals surface area contributed by atoms with Crippen molar-refractivity contribution in [1.82, 2.24) is 0 Å². The quantitative estimate of drug-likeness (QED) is 0.772. The molecule has 1 unspecified atom stereocenters. The van der Waals surface area contributed by atoms with E-state index in [0.29, 0.717) is 0 Å². The van der Waals surface area contributed by atoms with Crippen LogP contribution >= 0.6 is 0 Å². The summed E-state index contributed by atoms with van der Waals surface area (Å²) >= 11 is 0.